The SMILES string of the molecule is Cc1nc(Nc2ccc(-c3ccccc3)nn2)sc1CN1CCC(C)CC1. The number of rotatable bonds is 5. The molecule has 4 rings (SSSR count). The van der Waals surface area contributed by atoms with Crippen molar-refractivity contribution in [2.75, 3.05) is 18.4 Å². The molecular formula is C21H25N5S. The highest BCUT2D eigenvalue weighted by Gasteiger charge is 2.18. The highest BCUT2D eigenvalue weighted by atomic mass is 32.1. The number of benzene rings is 1. The third-order valence-corrected chi connectivity index (χ3v) is 6.16. The average Bonchev–Trinajstić information content (AvgIpc) is 3.04. The number of thiazole rings is 1. The number of hydrogen-bond acceptors (Lipinski definition) is 6. The second-order valence-electron chi connectivity index (χ2n) is 7.28. The summed E-state index contributed by atoms with van der Waals surface area (Å²) in [5.74, 6) is 1.58. The summed E-state index contributed by atoms with van der Waals surface area (Å²) in [6, 6.07) is 14.0. The van der Waals surface area contributed by atoms with Gasteiger partial charge in [0, 0.05) is 17.0 Å². The first kappa shape index (κ1) is 18.1. The van der Waals surface area contributed by atoms with Crippen LogP contribution in [0.15, 0.2) is 42.5 Å². The van der Waals surface area contributed by atoms with Crippen LogP contribution in [0.25, 0.3) is 11.3 Å². The predicted molar refractivity (Wildman–Crippen MR) is 111 cm³/mol. The van der Waals surface area contributed by atoms with Crippen molar-refractivity contribution in [3.8, 4) is 11.3 Å². The molecule has 1 N–H and O–H groups in total. The summed E-state index contributed by atoms with van der Waals surface area (Å²) in [5.41, 5.74) is 3.05. The van der Waals surface area contributed by atoms with Crippen LogP contribution in [-0.4, -0.2) is 33.2 Å². The Bertz CT molecular complexity index is 867. The van der Waals surface area contributed by atoms with Gasteiger partial charge in [0.05, 0.1) is 11.4 Å². The highest BCUT2D eigenvalue weighted by Crippen LogP contribution is 2.28. The molecule has 0 saturated carbocycles. The second-order valence-corrected chi connectivity index (χ2v) is 8.36. The molecule has 6 heteroatoms. The van der Waals surface area contributed by atoms with E-state index in [0.29, 0.717) is 0 Å². The lowest BCUT2D eigenvalue weighted by Crippen LogP contribution is -2.32. The maximum Gasteiger partial charge on any atom is 0.188 e. The number of piperidine rings is 1. The van der Waals surface area contributed by atoms with Crippen molar-refractivity contribution in [2.45, 2.75) is 33.2 Å². The minimum absolute atomic E-state index is 0.724. The van der Waals surface area contributed by atoms with Crippen LogP contribution in [0.2, 0.25) is 0 Å². The first-order valence-electron chi connectivity index (χ1n) is 9.52. The molecule has 2 aromatic heterocycles. The monoisotopic (exact) mass is 379 g/mol. The number of aromatic nitrogens is 3. The third kappa shape index (κ3) is 4.51. The largest absolute Gasteiger partial charge is 0.315 e. The zero-order valence-electron chi connectivity index (χ0n) is 15.9. The molecule has 1 aromatic carbocycles. The molecule has 0 spiro atoms. The molecule has 3 aromatic rings. The molecule has 1 fully saturated rings. The molecule has 1 aliphatic rings. The molecule has 0 bridgehead atoms. The molecule has 5 nitrogen and oxygen atoms in total. The number of likely N-dealkylation sites (tertiary alicyclic amines) is 1. The summed E-state index contributed by atoms with van der Waals surface area (Å²) in [6.45, 7) is 7.81. The number of nitrogens with zero attached hydrogens (tertiary/aromatic N) is 4. The Morgan fingerprint density at radius 1 is 1.07 bits per heavy atom. The standard InChI is InChI=1S/C21H25N5S/c1-15-10-12-26(13-11-15)14-19-16(2)22-21(27-19)23-20-9-8-18(24-25-20)17-6-4-3-5-7-17/h3-9,15H,10-14H2,1-2H3,(H,22,23,25). The van der Waals surface area contributed by atoms with E-state index in [4.69, 9.17) is 0 Å². The van der Waals surface area contributed by atoms with Gasteiger partial charge in [-0.25, -0.2) is 4.98 Å². The normalized spacial score (nSPS) is 15.8. The number of nitrogens with one attached hydrogen (secondary N) is 1. The van der Waals surface area contributed by atoms with Crippen molar-refractivity contribution in [3.05, 3.63) is 53.0 Å². The van der Waals surface area contributed by atoms with Crippen LogP contribution in [-0.2, 0) is 6.54 Å². The second kappa shape index (κ2) is 8.15. The van der Waals surface area contributed by atoms with Gasteiger partial charge in [0.2, 0.25) is 0 Å². The van der Waals surface area contributed by atoms with E-state index in [1.807, 2.05) is 42.5 Å². The summed E-state index contributed by atoms with van der Waals surface area (Å²) in [4.78, 5) is 8.55. The topological polar surface area (TPSA) is 53.9 Å². The van der Waals surface area contributed by atoms with Crippen molar-refractivity contribution in [2.24, 2.45) is 5.92 Å². The van der Waals surface area contributed by atoms with Gasteiger partial charge in [0.25, 0.3) is 0 Å². The summed E-state index contributed by atoms with van der Waals surface area (Å²) in [5, 5.41) is 12.8. The molecule has 1 aliphatic heterocycles. The van der Waals surface area contributed by atoms with Crippen molar-refractivity contribution >= 4 is 22.3 Å². The lowest BCUT2D eigenvalue weighted by Gasteiger charge is -2.29. The van der Waals surface area contributed by atoms with Crippen molar-refractivity contribution < 1.29 is 0 Å². The molecule has 0 aliphatic carbocycles. The zero-order valence-corrected chi connectivity index (χ0v) is 16.7. The maximum atomic E-state index is 4.68. The summed E-state index contributed by atoms with van der Waals surface area (Å²) in [7, 11) is 0. The Hall–Kier alpha value is -2.31. The maximum absolute atomic E-state index is 4.68. The quantitative estimate of drug-likeness (QED) is 0.684. The predicted octanol–water partition coefficient (Wildman–Crippen LogP) is 4.88. The van der Waals surface area contributed by atoms with E-state index in [1.54, 1.807) is 11.3 Å². The highest BCUT2D eigenvalue weighted by molar-refractivity contribution is 7.15. The molecule has 140 valence electrons. The molecule has 0 radical (unpaired) electrons. The fourth-order valence-corrected chi connectivity index (χ4v) is 4.33. The van der Waals surface area contributed by atoms with E-state index < -0.39 is 0 Å². The van der Waals surface area contributed by atoms with Gasteiger partial charge < -0.3 is 5.32 Å². The van der Waals surface area contributed by atoms with Crippen LogP contribution in [0.3, 0.4) is 0 Å². The van der Waals surface area contributed by atoms with Crippen LogP contribution >= 0.6 is 11.3 Å². The van der Waals surface area contributed by atoms with Crippen LogP contribution in [0, 0.1) is 12.8 Å². The van der Waals surface area contributed by atoms with E-state index in [-0.39, 0.29) is 0 Å². The first-order valence-corrected chi connectivity index (χ1v) is 10.3. The van der Waals surface area contributed by atoms with E-state index in [1.165, 1.54) is 30.8 Å². The van der Waals surface area contributed by atoms with E-state index in [2.05, 4.69) is 39.2 Å². The summed E-state index contributed by atoms with van der Waals surface area (Å²) >= 11 is 1.72. The van der Waals surface area contributed by atoms with Gasteiger partial charge in [-0.1, -0.05) is 37.3 Å². The van der Waals surface area contributed by atoms with E-state index >= 15 is 0 Å². The van der Waals surface area contributed by atoms with Crippen molar-refractivity contribution in [1.82, 2.24) is 20.1 Å². The molecule has 0 atom stereocenters. The van der Waals surface area contributed by atoms with Gasteiger partial charge >= 0.3 is 0 Å². The Labute approximate surface area is 164 Å². The van der Waals surface area contributed by atoms with Crippen molar-refractivity contribution in [3.63, 3.8) is 0 Å². The smallest absolute Gasteiger partial charge is 0.188 e. The van der Waals surface area contributed by atoms with Gasteiger partial charge in [0.1, 0.15) is 0 Å². The first-order chi connectivity index (χ1) is 13.2. The lowest BCUT2D eigenvalue weighted by atomic mass is 9.99. The van der Waals surface area contributed by atoms with Crippen molar-refractivity contribution in [1.29, 1.82) is 0 Å². The third-order valence-electron chi connectivity index (χ3n) is 5.11. The summed E-state index contributed by atoms with van der Waals surface area (Å²) in [6.07, 6.45) is 2.60. The van der Waals surface area contributed by atoms with Crippen LogP contribution in [0.4, 0.5) is 10.9 Å². The Morgan fingerprint density at radius 3 is 2.56 bits per heavy atom. The molecule has 27 heavy (non-hydrogen) atoms. The average molecular weight is 380 g/mol. The molecule has 3 heterocycles. The van der Waals surface area contributed by atoms with Gasteiger partial charge in [-0.3, -0.25) is 4.90 Å². The Morgan fingerprint density at radius 2 is 1.85 bits per heavy atom. The number of anilines is 2. The van der Waals surface area contributed by atoms with Crippen LogP contribution in [0.1, 0.15) is 30.3 Å². The minimum atomic E-state index is 0.724. The van der Waals surface area contributed by atoms with Crippen LogP contribution in [0.5, 0.6) is 0 Å². The molecule has 1 saturated heterocycles. The fourth-order valence-electron chi connectivity index (χ4n) is 3.32. The summed E-state index contributed by atoms with van der Waals surface area (Å²) < 4.78 is 0. The Balaban J connectivity index is 1.41. The van der Waals surface area contributed by atoms with Gasteiger partial charge in [-0.15, -0.1) is 21.5 Å². The number of aryl methyl sites for hydroxylation is 1. The Kier molecular flexibility index (Phi) is 5.45. The van der Waals surface area contributed by atoms with Crippen LogP contribution < -0.4 is 5.32 Å². The van der Waals surface area contributed by atoms with E-state index in [0.717, 1.165) is 40.4 Å². The van der Waals surface area contributed by atoms with Gasteiger partial charge in [-0.05, 0) is 50.9 Å². The molecular weight excluding hydrogens is 354 g/mol. The molecule has 0 amide bonds. The van der Waals surface area contributed by atoms with Gasteiger partial charge in [0.15, 0.2) is 10.9 Å². The molecule has 0 unspecified atom stereocenters. The lowest BCUT2D eigenvalue weighted by molar-refractivity contribution is 0.186. The van der Waals surface area contributed by atoms with E-state index in [9.17, 15) is 0 Å². The number of hydrogen-bond donors (Lipinski definition) is 1. The zero-order chi connectivity index (χ0) is 18.6. The fraction of sp³-hybridized carbons (Fsp3) is 0.381. The minimum Gasteiger partial charge on any atom is -0.315 e. The van der Waals surface area contributed by atoms with Gasteiger partial charge in [-0.2, -0.15) is 0 Å².